The number of likely N-dealkylation sites (tertiary alicyclic amines) is 1. The highest BCUT2D eigenvalue weighted by atomic mass is 35.5. The fraction of sp³-hybridized carbons (Fsp3) is 0.556. The molecule has 2 aliphatic heterocycles. The van der Waals surface area contributed by atoms with E-state index in [0.29, 0.717) is 13.1 Å². The van der Waals surface area contributed by atoms with Gasteiger partial charge in [0.25, 0.3) is 5.91 Å². The molecule has 0 saturated carbocycles. The molecule has 3 rings (SSSR count). The summed E-state index contributed by atoms with van der Waals surface area (Å²) in [5, 5.41) is 6.45. The molecule has 1 aromatic carbocycles. The molecule has 1 atom stereocenters. The van der Waals surface area contributed by atoms with Crippen LogP contribution in [0.2, 0.25) is 0 Å². The van der Waals surface area contributed by atoms with E-state index in [4.69, 9.17) is 0 Å². The molecule has 0 bridgehead atoms. The van der Waals surface area contributed by atoms with Crippen molar-refractivity contribution in [2.24, 2.45) is 5.92 Å². The normalized spacial score (nSPS) is 21.7. The molecule has 2 N–H and O–H groups in total. The monoisotopic (exact) mass is 351 g/mol. The van der Waals surface area contributed by atoms with Crippen LogP contribution in [-0.2, 0) is 4.79 Å². The zero-order valence-electron chi connectivity index (χ0n) is 13.9. The second-order valence-electron chi connectivity index (χ2n) is 6.48. The summed E-state index contributed by atoms with van der Waals surface area (Å²) in [6.07, 6.45) is 3.72. The Kier molecular flexibility index (Phi) is 7.06. The van der Waals surface area contributed by atoms with Crippen LogP contribution < -0.4 is 10.6 Å². The van der Waals surface area contributed by atoms with Crippen LogP contribution in [0.4, 0.5) is 0 Å². The lowest BCUT2D eigenvalue weighted by molar-refractivity contribution is -0.126. The minimum Gasteiger partial charge on any atom is -0.353 e. The SMILES string of the molecule is Cl.O=C(NC1CCN(C(=O)c2ccccc2)CC1)C1CCCNC1. The minimum atomic E-state index is 0. The molecule has 1 unspecified atom stereocenters. The Labute approximate surface area is 149 Å². The first-order valence-corrected chi connectivity index (χ1v) is 8.59. The van der Waals surface area contributed by atoms with Gasteiger partial charge in [-0.25, -0.2) is 0 Å². The van der Waals surface area contributed by atoms with Gasteiger partial charge in [0, 0.05) is 31.2 Å². The molecule has 2 fully saturated rings. The van der Waals surface area contributed by atoms with E-state index in [9.17, 15) is 9.59 Å². The van der Waals surface area contributed by atoms with Gasteiger partial charge in [0.1, 0.15) is 0 Å². The summed E-state index contributed by atoms with van der Waals surface area (Å²) >= 11 is 0. The molecular weight excluding hydrogens is 326 g/mol. The number of piperidine rings is 2. The van der Waals surface area contributed by atoms with Gasteiger partial charge in [-0.05, 0) is 44.4 Å². The second-order valence-corrected chi connectivity index (χ2v) is 6.48. The molecule has 0 aliphatic carbocycles. The molecule has 6 heteroatoms. The smallest absolute Gasteiger partial charge is 0.253 e. The molecular formula is C18H26ClN3O2. The average Bonchev–Trinajstić information content (AvgIpc) is 2.63. The zero-order valence-corrected chi connectivity index (χ0v) is 14.7. The highest BCUT2D eigenvalue weighted by Gasteiger charge is 2.27. The van der Waals surface area contributed by atoms with E-state index in [2.05, 4.69) is 10.6 Å². The van der Waals surface area contributed by atoms with Crippen molar-refractivity contribution < 1.29 is 9.59 Å². The fourth-order valence-corrected chi connectivity index (χ4v) is 3.38. The molecule has 2 aliphatic rings. The number of amides is 2. The lowest BCUT2D eigenvalue weighted by atomic mass is 9.97. The van der Waals surface area contributed by atoms with Gasteiger partial charge >= 0.3 is 0 Å². The van der Waals surface area contributed by atoms with Crippen LogP contribution in [0.1, 0.15) is 36.0 Å². The predicted octanol–water partition coefficient (Wildman–Crippen LogP) is 1.83. The lowest BCUT2D eigenvalue weighted by Crippen LogP contribution is -2.49. The zero-order chi connectivity index (χ0) is 16.1. The topological polar surface area (TPSA) is 61.4 Å². The maximum atomic E-state index is 12.4. The molecule has 2 heterocycles. The van der Waals surface area contributed by atoms with Crippen molar-refractivity contribution >= 4 is 24.2 Å². The first-order chi connectivity index (χ1) is 11.2. The summed E-state index contributed by atoms with van der Waals surface area (Å²) in [5.74, 6) is 0.365. The second kappa shape index (κ2) is 9.04. The van der Waals surface area contributed by atoms with E-state index in [1.165, 1.54) is 0 Å². The molecule has 0 spiro atoms. The van der Waals surface area contributed by atoms with E-state index >= 15 is 0 Å². The van der Waals surface area contributed by atoms with Crippen LogP contribution >= 0.6 is 12.4 Å². The molecule has 0 aromatic heterocycles. The van der Waals surface area contributed by atoms with Crippen molar-refractivity contribution in [1.82, 2.24) is 15.5 Å². The molecule has 1 aromatic rings. The maximum absolute atomic E-state index is 12.4. The molecule has 5 nitrogen and oxygen atoms in total. The number of nitrogens with zero attached hydrogens (tertiary/aromatic N) is 1. The maximum Gasteiger partial charge on any atom is 0.253 e. The summed E-state index contributed by atoms with van der Waals surface area (Å²) in [6, 6.07) is 9.60. The van der Waals surface area contributed by atoms with E-state index in [0.717, 1.165) is 44.3 Å². The van der Waals surface area contributed by atoms with Crippen molar-refractivity contribution in [2.45, 2.75) is 31.7 Å². The van der Waals surface area contributed by atoms with E-state index in [-0.39, 0.29) is 36.2 Å². The summed E-state index contributed by atoms with van der Waals surface area (Å²) < 4.78 is 0. The summed E-state index contributed by atoms with van der Waals surface area (Å²) in [7, 11) is 0. The van der Waals surface area contributed by atoms with Gasteiger partial charge in [-0.2, -0.15) is 0 Å². The Hall–Kier alpha value is -1.59. The number of carbonyl (C=O) groups excluding carboxylic acids is 2. The van der Waals surface area contributed by atoms with Gasteiger partial charge < -0.3 is 15.5 Å². The van der Waals surface area contributed by atoms with E-state index < -0.39 is 0 Å². The van der Waals surface area contributed by atoms with Gasteiger partial charge in [0.15, 0.2) is 0 Å². The minimum absolute atomic E-state index is 0. The average molecular weight is 352 g/mol. The number of benzene rings is 1. The largest absolute Gasteiger partial charge is 0.353 e. The van der Waals surface area contributed by atoms with Gasteiger partial charge in [0.2, 0.25) is 5.91 Å². The fourth-order valence-electron chi connectivity index (χ4n) is 3.38. The summed E-state index contributed by atoms with van der Waals surface area (Å²) in [6.45, 7) is 3.23. The Bertz CT molecular complexity index is 538. The van der Waals surface area contributed by atoms with E-state index in [1.54, 1.807) is 0 Å². The van der Waals surface area contributed by atoms with Crippen molar-refractivity contribution in [1.29, 1.82) is 0 Å². The highest BCUT2D eigenvalue weighted by molar-refractivity contribution is 5.94. The van der Waals surface area contributed by atoms with Gasteiger partial charge in [-0.1, -0.05) is 18.2 Å². The molecule has 132 valence electrons. The number of hydrogen-bond acceptors (Lipinski definition) is 3. The van der Waals surface area contributed by atoms with Crippen LogP contribution in [0.5, 0.6) is 0 Å². The molecule has 0 radical (unpaired) electrons. The van der Waals surface area contributed by atoms with Crippen molar-refractivity contribution in [3.05, 3.63) is 35.9 Å². The van der Waals surface area contributed by atoms with Crippen molar-refractivity contribution in [2.75, 3.05) is 26.2 Å². The highest BCUT2D eigenvalue weighted by Crippen LogP contribution is 2.16. The summed E-state index contributed by atoms with van der Waals surface area (Å²) in [5.41, 5.74) is 0.739. The van der Waals surface area contributed by atoms with Crippen LogP contribution in [0.3, 0.4) is 0 Å². The quantitative estimate of drug-likeness (QED) is 0.873. The third-order valence-corrected chi connectivity index (χ3v) is 4.82. The number of rotatable bonds is 3. The first kappa shape index (κ1) is 18.7. The van der Waals surface area contributed by atoms with Gasteiger partial charge in [-0.15, -0.1) is 12.4 Å². The molecule has 2 saturated heterocycles. The van der Waals surface area contributed by atoms with Crippen LogP contribution in [0.15, 0.2) is 30.3 Å². The number of hydrogen-bond donors (Lipinski definition) is 2. The Morgan fingerprint density at radius 1 is 1.08 bits per heavy atom. The van der Waals surface area contributed by atoms with Crippen molar-refractivity contribution in [3.8, 4) is 0 Å². The van der Waals surface area contributed by atoms with Crippen LogP contribution in [0.25, 0.3) is 0 Å². The van der Waals surface area contributed by atoms with Crippen LogP contribution in [-0.4, -0.2) is 48.9 Å². The standard InChI is InChI=1S/C18H25N3O2.ClH/c22-17(15-7-4-10-19-13-15)20-16-8-11-21(12-9-16)18(23)14-5-2-1-3-6-14;/h1-3,5-6,15-16,19H,4,7-13H2,(H,20,22);1H. The third kappa shape index (κ3) is 4.71. The third-order valence-electron chi connectivity index (χ3n) is 4.82. The molecule has 24 heavy (non-hydrogen) atoms. The predicted molar refractivity (Wildman–Crippen MR) is 96.4 cm³/mol. The van der Waals surface area contributed by atoms with Gasteiger partial charge in [-0.3, -0.25) is 9.59 Å². The lowest BCUT2D eigenvalue weighted by Gasteiger charge is -2.33. The number of halogens is 1. The Balaban J connectivity index is 0.00000208. The van der Waals surface area contributed by atoms with Crippen molar-refractivity contribution in [3.63, 3.8) is 0 Å². The summed E-state index contributed by atoms with van der Waals surface area (Å²) in [4.78, 5) is 26.6. The number of nitrogens with one attached hydrogen (secondary N) is 2. The molecule has 2 amide bonds. The first-order valence-electron chi connectivity index (χ1n) is 8.59. The van der Waals surface area contributed by atoms with Crippen LogP contribution in [0, 0.1) is 5.92 Å². The van der Waals surface area contributed by atoms with Gasteiger partial charge in [0.05, 0.1) is 5.92 Å². The van der Waals surface area contributed by atoms with E-state index in [1.807, 2.05) is 35.2 Å². The Morgan fingerprint density at radius 3 is 2.42 bits per heavy atom. The Morgan fingerprint density at radius 2 is 1.79 bits per heavy atom. The number of carbonyl (C=O) groups is 2.